The fourth-order valence-corrected chi connectivity index (χ4v) is 5.74. The van der Waals surface area contributed by atoms with Crippen LogP contribution in [-0.4, -0.2) is 58.0 Å². The van der Waals surface area contributed by atoms with Gasteiger partial charge in [-0.3, -0.25) is 13.9 Å². The van der Waals surface area contributed by atoms with E-state index >= 15 is 0 Å². The summed E-state index contributed by atoms with van der Waals surface area (Å²) in [4.78, 5) is 28.5. The first-order chi connectivity index (χ1) is 19.5. The molecule has 0 aromatic heterocycles. The standard InChI is InChI=1S/C30H36ClN3O6S/c1-6-21(2)32-30(36)22(3)33(19-23-10-9-11-24(31)18-23)29(35)20-34(27-12-7-8-13-28(27)40-5)41(37,38)26-16-14-25(39-4)15-17-26/h7-18,21-22H,6,19-20H2,1-5H3,(H,32,36)/t21-,22-/m1/s1. The van der Waals surface area contributed by atoms with Crippen LogP contribution in [0.25, 0.3) is 0 Å². The lowest BCUT2D eigenvalue weighted by atomic mass is 10.1. The number of carbonyl (C=O) groups is 2. The molecule has 0 radical (unpaired) electrons. The summed E-state index contributed by atoms with van der Waals surface area (Å²) >= 11 is 6.19. The van der Waals surface area contributed by atoms with E-state index in [9.17, 15) is 18.0 Å². The average Bonchev–Trinajstić information content (AvgIpc) is 2.98. The highest BCUT2D eigenvalue weighted by Crippen LogP contribution is 2.33. The Balaban J connectivity index is 2.07. The summed E-state index contributed by atoms with van der Waals surface area (Å²) < 4.78 is 39.7. The van der Waals surface area contributed by atoms with Gasteiger partial charge in [0.1, 0.15) is 24.1 Å². The van der Waals surface area contributed by atoms with E-state index in [1.165, 1.54) is 43.4 Å². The quantitative estimate of drug-likeness (QED) is 0.299. The fraction of sp³-hybridized carbons (Fsp3) is 0.333. The molecule has 2 amide bonds. The molecule has 0 spiro atoms. The van der Waals surface area contributed by atoms with Crippen LogP contribution in [0.15, 0.2) is 77.7 Å². The second-order valence-corrected chi connectivity index (χ2v) is 11.8. The molecule has 0 bridgehead atoms. The zero-order valence-electron chi connectivity index (χ0n) is 23.8. The van der Waals surface area contributed by atoms with Crippen molar-refractivity contribution in [2.75, 3.05) is 25.1 Å². The van der Waals surface area contributed by atoms with E-state index in [-0.39, 0.29) is 34.8 Å². The number of nitrogens with one attached hydrogen (secondary N) is 1. The Morgan fingerprint density at radius 3 is 2.24 bits per heavy atom. The van der Waals surface area contributed by atoms with Gasteiger partial charge in [0.15, 0.2) is 0 Å². The highest BCUT2D eigenvalue weighted by molar-refractivity contribution is 7.92. The zero-order chi connectivity index (χ0) is 30.2. The van der Waals surface area contributed by atoms with Gasteiger partial charge in [-0.15, -0.1) is 0 Å². The van der Waals surface area contributed by atoms with Gasteiger partial charge in [0.05, 0.1) is 24.8 Å². The average molecular weight is 602 g/mol. The van der Waals surface area contributed by atoms with Crippen LogP contribution in [0, 0.1) is 0 Å². The summed E-state index contributed by atoms with van der Waals surface area (Å²) in [6.07, 6.45) is 0.711. The van der Waals surface area contributed by atoms with Crippen molar-refractivity contribution in [3.8, 4) is 11.5 Å². The minimum Gasteiger partial charge on any atom is -0.497 e. The van der Waals surface area contributed by atoms with Gasteiger partial charge in [-0.2, -0.15) is 0 Å². The smallest absolute Gasteiger partial charge is 0.264 e. The molecule has 9 nitrogen and oxygen atoms in total. The number of hydrogen-bond donors (Lipinski definition) is 1. The van der Waals surface area contributed by atoms with Crippen LogP contribution >= 0.6 is 11.6 Å². The predicted octanol–water partition coefficient (Wildman–Crippen LogP) is 4.88. The third kappa shape index (κ3) is 7.92. The normalized spacial score (nSPS) is 12.6. The van der Waals surface area contributed by atoms with Gasteiger partial charge >= 0.3 is 0 Å². The number of rotatable bonds is 13. The minimum absolute atomic E-state index is 0.0385. The molecule has 0 saturated carbocycles. The van der Waals surface area contributed by atoms with Crippen LogP contribution in [0.1, 0.15) is 32.8 Å². The van der Waals surface area contributed by atoms with Gasteiger partial charge in [-0.25, -0.2) is 8.42 Å². The molecule has 0 aliphatic carbocycles. The van der Waals surface area contributed by atoms with Crippen LogP contribution in [-0.2, 0) is 26.2 Å². The zero-order valence-corrected chi connectivity index (χ0v) is 25.4. The predicted molar refractivity (Wildman–Crippen MR) is 160 cm³/mol. The fourth-order valence-electron chi connectivity index (χ4n) is 4.10. The van der Waals surface area contributed by atoms with Gasteiger partial charge in [0, 0.05) is 17.6 Å². The van der Waals surface area contributed by atoms with E-state index in [0.29, 0.717) is 22.8 Å². The van der Waals surface area contributed by atoms with Crippen molar-refractivity contribution in [3.05, 3.63) is 83.4 Å². The molecule has 3 aromatic rings. The number of methoxy groups -OCH3 is 2. The van der Waals surface area contributed by atoms with Crippen LogP contribution < -0.4 is 19.1 Å². The molecule has 41 heavy (non-hydrogen) atoms. The van der Waals surface area contributed by atoms with Crippen molar-refractivity contribution < 1.29 is 27.5 Å². The van der Waals surface area contributed by atoms with Gasteiger partial charge in [-0.1, -0.05) is 42.8 Å². The molecule has 220 valence electrons. The third-order valence-electron chi connectivity index (χ3n) is 6.69. The molecule has 3 rings (SSSR count). The van der Waals surface area contributed by atoms with E-state index in [1.54, 1.807) is 55.5 Å². The van der Waals surface area contributed by atoms with Crippen molar-refractivity contribution >= 4 is 39.1 Å². The highest BCUT2D eigenvalue weighted by atomic mass is 35.5. The number of benzene rings is 3. The number of amides is 2. The second-order valence-electron chi connectivity index (χ2n) is 9.50. The van der Waals surface area contributed by atoms with Gasteiger partial charge in [0.25, 0.3) is 10.0 Å². The van der Waals surface area contributed by atoms with Crippen molar-refractivity contribution in [2.24, 2.45) is 0 Å². The molecule has 1 N–H and O–H groups in total. The summed E-state index contributed by atoms with van der Waals surface area (Å²) in [5.74, 6) is -0.185. The first kappa shape index (κ1) is 31.8. The monoisotopic (exact) mass is 601 g/mol. The molecule has 2 atom stereocenters. The first-order valence-corrected chi connectivity index (χ1v) is 15.0. The summed E-state index contributed by atoms with van der Waals surface area (Å²) in [5.41, 5.74) is 0.870. The number of carbonyl (C=O) groups excluding carboxylic acids is 2. The maximum atomic E-state index is 14.0. The molecule has 0 unspecified atom stereocenters. The summed E-state index contributed by atoms with van der Waals surface area (Å²) in [5, 5.41) is 3.39. The lowest BCUT2D eigenvalue weighted by Crippen LogP contribution is -2.52. The van der Waals surface area contributed by atoms with Crippen LogP contribution in [0.4, 0.5) is 5.69 Å². The van der Waals surface area contributed by atoms with E-state index in [0.717, 1.165) is 4.31 Å². The molecule has 0 heterocycles. The maximum absolute atomic E-state index is 14.0. The lowest BCUT2D eigenvalue weighted by molar-refractivity contribution is -0.139. The molecule has 0 aliphatic heterocycles. The van der Waals surface area contributed by atoms with E-state index in [4.69, 9.17) is 21.1 Å². The van der Waals surface area contributed by atoms with Crippen LogP contribution in [0.3, 0.4) is 0 Å². The van der Waals surface area contributed by atoms with Crippen LogP contribution in [0.2, 0.25) is 5.02 Å². The van der Waals surface area contributed by atoms with Crippen molar-refractivity contribution in [2.45, 2.75) is 50.7 Å². The third-order valence-corrected chi connectivity index (χ3v) is 8.70. The van der Waals surface area contributed by atoms with E-state index < -0.39 is 28.5 Å². The Morgan fingerprint density at radius 1 is 0.951 bits per heavy atom. The van der Waals surface area contributed by atoms with Gasteiger partial charge < -0.3 is 19.7 Å². The number of hydrogen-bond acceptors (Lipinski definition) is 6. The molecular formula is C30H36ClN3O6S. The number of para-hydroxylation sites is 2. The molecule has 0 aliphatic rings. The lowest BCUT2D eigenvalue weighted by Gasteiger charge is -2.32. The second kappa shape index (κ2) is 14.2. The molecule has 0 fully saturated rings. The summed E-state index contributed by atoms with van der Waals surface area (Å²) in [6, 6.07) is 18.4. The largest absolute Gasteiger partial charge is 0.497 e. The SMILES string of the molecule is CC[C@@H](C)NC(=O)[C@@H](C)N(Cc1cccc(Cl)c1)C(=O)CN(c1ccccc1OC)S(=O)(=O)c1ccc(OC)cc1. The van der Waals surface area contributed by atoms with Gasteiger partial charge in [-0.05, 0) is 74.4 Å². The maximum Gasteiger partial charge on any atom is 0.264 e. The Kier molecular flexibility index (Phi) is 11.0. The number of anilines is 1. The molecular weight excluding hydrogens is 566 g/mol. The number of nitrogens with zero attached hydrogens (tertiary/aromatic N) is 2. The Hall–Kier alpha value is -3.76. The Morgan fingerprint density at radius 2 is 1.63 bits per heavy atom. The minimum atomic E-state index is -4.26. The topological polar surface area (TPSA) is 105 Å². The number of ether oxygens (including phenoxy) is 2. The van der Waals surface area contributed by atoms with E-state index in [1.807, 2.05) is 13.8 Å². The van der Waals surface area contributed by atoms with Crippen molar-refractivity contribution in [1.29, 1.82) is 0 Å². The highest BCUT2D eigenvalue weighted by Gasteiger charge is 2.34. The summed E-state index contributed by atoms with van der Waals surface area (Å²) in [7, 11) is -1.36. The Bertz CT molecular complexity index is 1450. The van der Waals surface area contributed by atoms with Crippen molar-refractivity contribution in [3.63, 3.8) is 0 Å². The number of sulfonamides is 1. The van der Waals surface area contributed by atoms with Crippen LogP contribution in [0.5, 0.6) is 11.5 Å². The first-order valence-electron chi connectivity index (χ1n) is 13.2. The van der Waals surface area contributed by atoms with E-state index in [2.05, 4.69) is 5.32 Å². The molecule has 11 heteroatoms. The van der Waals surface area contributed by atoms with Gasteiger partial charge in [0.2, 0.25) is 11.8 Å². The molecule has 0 saturated heterocycles. The number of halogens is 1. The Labute approximate surface area is 247 Å². The summed E-state index contributed by atoms with van der Waals surface area (Å²) in [6.45, 7) is 4.89. The molecule has 3 aromatic carbocycles. The van der Waals surface area contributed by atoms with Crippen molar-refractivity contribution in [1.82, 2.24) is 10.2 Å².